The van der Waals surface area contributed by atoms with Gasteiger partial charge in [-0.3, -0.25) is 4.90 Å². The second kappa shape index (κ2) is 3.52. The van der Waals surface area contributed by atoms with Gasteiger partial charge in [0.25, 0.3) is 0 Å². The van der Waals surface area contributed by atoms with Gasteiger partial charge in [0.2, 0.25) is 0 Å². The summed E-state index contributed by atoms with van der Waals surface area (Å²) < 4.78 is 6.31. The minimum absolute atomic E-state index is 0.518. The smallest absolute Gasteiger partial charge is 0.0769 e. The molecule has 0 amide bonds. The van der Waals surface area contributed by atoms with Crippen LogP contribution in [0.3, 0.4) is 0 Å². The SMILES string of the molecule is CC(C)[C@H]1[C@H]2CO[C@@H]1[C@H]1N(C)C[C@H]3CC[C@@H]2[C@]31C. The van der Waals surface area contributed by atoms with Gasteiger partial charge in [0, 0.05) is 12.6 Å². The maximum Gasteiger partial charge on any atom is 0.0769 e. The van der Waals surface area contributed by atoms with E-state index in [-0.39, 0.29) is 0 Å². The maximum absolute atomic E-state index is 6.31. The lowest BCUT2D eigenvalue weighted by Crippen LogP contribution is -2.57. The minimum atomic E-state index is 0.518. The van der Waals surface area contributed by atoms with Crippen molar-refractivity contribution in [3.63, 3.8) is 0 Å². The van der Waals surface area contributed by atoms with E-state index in [1.54, 1.807) is 0 Å². The predicted molar refractivity (Wildman–Crippen MR) is 72.3 cm³/mol. The quantitative estimate of drug-likeness (QED) is 0.708. The highest BCUT2D eigenvalue weighted by atomic mass is 16.5. The molecule has 2 heterocycles. The van der Waals surface area contributed by atoms with Crippen LogP contribution in [0.5, 0.6) is 0 Å². The standard InChI is InChI=1S/C16H27NO/c1-9(2)13-11-8-18-14(13)15-16(3)10(7-17(15)4)5-6-12(11)16/h9-15H,5-8H2,1-4H3/t10-,11+,12+,13+,14+,15-,16+/m1/s1. The van der Waals surface area contributed by atoms with E-state index in [1.807, 2.05) is 0 Å². The zero-order valence-electron chi connectivity index (χ0n) is 12.2. The van der Waals surface area contributed by atoms with Crippen LogP contribution in [-0.2, 0) is 4.74 Å². The maximum atomic E-state index is 6.31. The summed E-state index contributed by atoms with van der Waals surface area (Å²) in [5.74, 6) is 4.32. The summed E-state index contributed by atoms with van der Waals surface area (Å²) in [6.07, 6.45) is 3.45. The molecule has 0 N–H and O–H groups in total. The van der Waals surface area contributed by atoms with E-state index in [2.05, 4.69) is 32.7 Å². The molecule has 18 heavy (non-hydrogen) atoms. The third-order valence-electron chi connectivity index (χ3n) is 7.08. The fourth-order valence-corrected chi connectivity index (χ4v) is 6.52. The number of hydrogen-bond donors (Lipinski definition) is 0. The Labute approximate surface area is 111 Å². The first-order valence-corrected chi connectivity index (χ1v) is 7.87. The van der Waals surface area contributed by atoms with Crippen molar-refractivity contribution in [2.45, 2.75) is 45.8 Å². The summed E-state index contributed by atoms with van der Waals surface area (Å²) in [6.45, 7) is 9.77. The van der Waals surface area contributed by atoms with E-state index in [1.165, 1.54) is 19.4 Å². The molecule has 0 unspecified atom stereocenters. The van der Waals surface area contributed by atoms with E-state index in [0.717, 1.165) is 36.2 Å². The summed E-state index contributed by atoms with van der Waals surface area (Å²) in [4.78, 5) is 2.64. The molecule has 2 bridgehead atoms. The van der Waals surface area contributed by atoms with E-state index in [0.29, 0.717) is 17.6 Å². The molecule has 0 radical (unpaired) electrons. The molecular weight excluding hydrogens is 222 g/mol. The molecule has 102 valence electrons. The highest BCUT2D eigenvalue weighted by Gasteiger charge is 2.68. The number of likely N-dealkylation sites (tertiary alicyclic amines) is 1. The van der Waals surface area contributed by atoms with Gasteiger partial charge in [-0.25, -0.2) is 0 Å². The Morgan fingerprint density at radius 2 is 2.06 bits per heavy atom. The molecule has 4 aliphatic rings. The Balaban J connectivity index is 1.81. The third kappa shape index (κ3) is 1.13. The van der Waals surface area contributed by atoms with Crippen LogP contribution in [0, 0.1) is 35.0 Å². The van der Waals surface area contributed by atoms with Gasteiger partial charge in [-0.15, -0.1) is 0 Å². The first kappa shape index (κ1) is 11.7. The normalized spacial score (nSPS) is 58.5. The molecule has 0 spiro atoms. The van der Waals surface area contributed by atoms with Gasteiger partial charge in [-0.1, -0.05) is 20.8 Å². The van der Waals surface area contributed by atoms with Crippen LogP contribution < -0.4 is 0 Å². The van der Waals surface area contributed by atoms with Crippen molar-refractivity contribution in [3.8, 4) is 0 Å². The van der Waals surface area contributed by atoms with Gasteiger partial charge < -0.3 is 4.74 Å². The monoisotopic (exact) mass is 249 g/mol. The van der Waals surface area contributed by atoms with Crippen molar-refractivity contribution in [2.75, 3.05) is 20.2 Å². The zero-order valence-corrected chi connectivity index (χ0v) is 12.2. The van der Waals surface area contributed by atoms with Crippen LogP contribution in [0.4, 0.5) is 0 Å². The van der Waals surface area contributed by atoms with E-state index >= 15 is 0 Å². The summed E-state index contributed by atoms with van der Waals surface area (Å²) in [5.41, 5.74) is 0.561. The Morgan fingerprint density at radius 3 is 2.78 bits per heavy atom. The van der Waals surface area contributed by atoms with Gasteiger partial charge in [-0.05, 0) is 54.9 Å². The largest absolute Gasteiger partial charge is 0.376 e. The van der Waals surface area contributed by atoms with Crippen molar-refractivity contribution in [2.24, 2.45) is 35.0 Å². The third-order valence-corrected chi connectivity index (χ3v) is 7.08. The van der Waals surface area contributed by atoms with E-state index < -0.39 is 0 Å². The predicted octanol–water partition coefficient (Wildman–Crippen LogP) is 2.63. The summed E-state index contributed by atoms with van der Waals surface area (Å²) >= 11 is 0. The van der Waals surface area contributed by atoms with Crippen LogP contribution in [0.1, 0.15) is 33.6 Å². The van der Waals surface area contributed by atoms with E-state index in [9.17, 15) is 0 Å². The number of likely N-dealkylation sites (N-methyl/N-ethyl adjacent to an activating group) is 1. The zero-order chi connectivity index (χ0) is 12.7. The van der Waals surface area contributed by atoms with Gasteiger partial charge in [0.15, 0.2) is 0 Å². The lowest BCUT2D eigenvalue weighted by atomic mass is 9.55. The van der Waals surface area contributed by atoms with Crippen LogP contribution in [0.15, 0.2) is 0 Å². The van der Waals surface area contributed by atoms with Gasteiger partial charge in [0.05, 0.1) is 12.7 Å². The molecular formula is C16H27NO. The van der Waals surface area contributed by atoms with E-state index in [4.69, 9.17) is 4.74 Å². The second-order valence-corrected chi connectivity index (χ2v) is 7.91. The lowest BCUT2D eigenvalue weighted by Gasteiger charge is -2.51. The summed E-state index contributed by atoms with van der Waals surface area (Å²) in [5, 5.41) is 0. The molecule has 0 aromatic carbocycles. The second-order valence-electron chi connectivity index (χ2n) is 7.91. The molecule has 4 fully saturated rings. The van der Waals surface area contributed by atoms with Crippen molar-refractivity contribution in [1.29, 1.82) is 0 Å². The van der Waals surface area contributed by atoms with Crippen LogP contribution in [-0.4, -0.2) is 37.2 Å². The fraction of sp³-hybridized carbons (Fsp3) is 1.00. The Bertz CT molecular complexity index is 368. The molecule has 7 atom stereocenters. The topological polar surface area (TPSA) is 12.5 Å². The van der Waals surface area contributed by atoms with Gasteiger partial charge >= 0.3 is 0 Å². The fourth-order valence-electron chi connectivity index (χ4n) is 6.52. The molecule has 2 saturated carbocycles. The highest BCUT2D eigenvalue weighted by molar-refractivity contribution is 5.18. The molecule has 2 aliphatic heterocycles. The molecule has 2 heteroatoms. The van der Waals surface area contributed by atoms with Crippen LogP contribution >= 0.6 is 0 Å². The first-order valence-electron chi connectivity index (χ1n) is 7.87. The highest BCUT2D eigenvalue weighted by Crippen LogP contribution is 2.66. The van der Waals surface area contributed by atoms with Crippen molar-refractivity contribution >= 4 is 0 Å². The summed E-state index contributed by atoms with van der Waals surface area (Å²) in [6, 6.07) is 0.696. The first-order chi connectivity index (χ1) is 8.55. The molecule has 2 nitrogen and oxygen atoms in total. The van der Waals surface area contributed by atoms with Crippen molar-refractivity contribution in [1.82, 2.24) is 4.90 Å². The molecule has 0 aromatic rings. The van der Waals surface area contributed by atoms with Crippen molar-refractivity contribution < 1.29 is 4.74 Å². The Kier molecular flexibility index (Phi) is 2.29. The molecule has 2 saturated heterocycles. The number of hydrogen-bond acceptors (Lipinski definition) is 2. The Hall–Kier alpha value is -0.0800. The van der Waals surface area contributed by atoms with Gasteiger partial charge in [0.1, 0.15) is 0 Å². The Morgan fingerprint density at radius 1 is 1.28 bits per heavy atom. The molecule has 2 aliphatic carbocycles. The molecule has 0 aromatic heterocycles. The minimum Gasteiger partial charge on any atom is -0.376 e. The number of nitrogens with zero attached hydrogens (tertiary/aromatic N) is 1. The average Bonchev–Trinajstić information content (AvgIpc) is 2.87. The number of ether oxygens (including phenoxy) is 1. The lowest BCUT2D eigenvalue weighted by molar-refractivity contribution is -0.0553. The number of fused-ring (bicyclic) bond motifs is 4. The number of rotatable bonds is 1. The van der Waals surface area contributed by atoms with Crippen LogP contribution in [0.2, 0.25) is 0 Å². The van der Waals surface area contributed by atoms with Crippen molar-refractivity contribution in [3.05, 3.63) is 0 Å². The molecule has 4 rings (SSSR count). The van der Waals surface area contributed by atoms with Gasteiger partial charge in [-0.2, -0.15) is 0 Å². The van der Waals surface area contributed by atoms with Crippen LogP contribution in [0.25, 0.3) is 0 Å². The summed E-state index contributed by atoms with van der Waals surface area (Å²) in [7, 11) is 2.34. The average molecular weight is 249 g/mol.